The number of nitrogens with one attached hydrogen (secondary N) is 1. The number of fused-ring (bicyclic) bond motifs is 1. The molecule has 0 aliphatic rings. The number of benzene rings is 2. The number of hydrogen-bond acceptors (Lipinski definition) is 6. The van der Waals surface area contributed by atoms with Crippen LogP contribution in [0.2, 0.25) is 5.02 Å². The molecule has 0 fully saturated rings. The Morgan fingerprint density at radius 3 is 2.63 bits per heavy atom. The van der Waals surface area contributed by atoms with E-state index < -0.39 is 5.82 Å². The van der Waals surface area contributed by atoms with Crippen LogP contribution >= 0.6 is 11.6 Å². The Balaban J connectivity index is 1.96. The number of likely N-dealkylation sites (N-methyl/N-ethyl adjacent to an activating group) is 1. The van der Waals surface area contributed by atoms with E-state index in [4.69, 9.17) is 21.1 Å². The zero-order valence-corrected chi connectivity index (χ0v) is 18.5. The smallest absolute Gasteiger partial charge is 0.165 e. The van der Waals surface area contributed by atoms with Gasteiger partial charge < -0.3 is 19.7 Å². The van der Waals surface area contributed by atoms with Gasteiger partial charge in [-0.15, -0.1) is 0 Å². The molecule has 1 heterocycles. The minimum atomic E-state index is -0.541. The predicted molar refractivity (Wildman–Crippen MR) is 119 cm³/mol. The third-order valence-corrected chi connectivity index (χ3v) is 5.17. The monoisotopic (exact) mass is 432 g/mol. The highest BCUT2D eigenvalue weighted by molar-refractivity contribution is 6.31. The van der Waals surface area contributed by atoms with Crippen LogP contribution in [0.4, 0.5) is 15.9 Å². The molecule has 1 unspecified atom stereocenters. The molecule has 3 rings (SSSR count). The molecule has 1 aromatic heterocycles. The van der Waals surface area contributed by atoms with Gasteiger partial charge in [0.2, 0.25) is 0 Å². The van der Waals surface area contributed by atoms with E-state index in [2.05, 4.69) is 41.1 Å². The Bertz CT molecular complexity index is 1030. The summed E-state index contributed by atoms with van der Waals surface area (Å²) in [4.78, 5) is 10.8. The second-order valence-corrected chi connectivity index (χ2v) is 7.84. The second-order valence-electron chi connectivity index (χ2n) is 7.43. The number of rotatable bonds is 8. The van der Waals surface area contributed by atoms with E-state index in [9.17, 15) is 4.39 Å². The molecule has 0 amide bonds. The van der Waals surface area contributed by atoms with E-state index in [0.717, 1.165) is 6.54 Å². The summed E-state index contributed by atoms with van der Waals surface area (Å²) in [5, 5.41) is 3.72. The highest BCUT2D eigenvalue weighted by Gasteiger charge is 2.17. The third-order valence-electron chi connectivity index (χ3n) is 4.88. The zero-order valence-electron chi connectivity index (χ0n) is 17.7. The van der Waals surface area contributed by atoms with Crippen molar-refractivity contribution < 1.29 is 13.9 Å². The van der Waals surface area contributed by atoms with Gasteiger partial charge in [0.1, 0.15) is 18.2 Å². The highest BCUT2D eigenvalue weighted by atomic mass is 35.5. The van der Waals surface area contributed by atoms with Crippen molar-refractivity contribution in [3.63, 3.8) is 0 Å². The number of anilines is 2. The van der Waals surface area contributed by atoms with Crippen LogP contribution in [-0.4, -0.2) is 47.7 Å². The molecule has 0 radical (unpaired) electrons. The van der Waals surface area contributed by atoms with Gasteiger partial charge in [-0.25, -0.2) is 14.4 Å². The maximum absolute atomic E-state index is 14.4. The van der Waals surface area contributed by atoms with E-state index in [1.165, 1.54) is 12.4 Å². The van der Waals surface area contributed by atoms with Gasteiger partial charge >= 0.3 is 0 Å². The average Bonchev–Trinajstić information content (AvgIpc) is 2.71. The minimum absolute atomic E-state index is 0.0344. The lowest BCUT2D eigenvalue weighted by molar-refractivity contribution is 0.141. The van der Waals surface area contributed by atoms with Crippen LogP contribution in [0.1, 0.15) is 20.8 Å². The van der Waals surface area contributed by atoms with Crippen LogP contribution in [0, 0.1) is 5.82 Å². The summed E-state index contributed by atoms with van der Waals surface area (Å²) in [6.45, 7) is 7.02. The third kappa shape index (κ3) is 4.91. The van der Waals surface area contributed by atoms with Gasteiger partial charge in [0.05, 0.1) is 23.3 Å². The molecule has 0 aliphatic heterocycles. The normalized spacial score (nSPS) is 12.4. The summed E-state index contributed by atoms with van der Waals surface area (Å²) >= 11 is 5.90. The lowest BCUT2D eigenvalue weighted by atomic mass is 10.2. The van der Waals surface area contributed by atoms with Crippen molar-refractivity contribution in [3.8, 4) is 11.5 Å². The van der Waals surface area contributed by atoms with Crippen molar-refractivity contribution in [2.75, 3.05) is 26.0 Å². The largest absolute Gasteiger partial charge is 0.493 e. The van der Waals surface area contributed by atoms with Crippen LogP contribution in [0.3, 0.4) is 0 Å². The second kappa shape index (κ2) is 9.45. The highest BCUT2D eigenvalue weighted by Crippen LogP contribution is 2.36. The number of aromatic nitrogens is 2. The van der Waals surface area contributed by atoms with Crippen LogP contribution in [-0.2, 0) is 0 Å². The number of hydrogen-bond donors (Lipinski definition) is 1. The Morgan fingerprint density at radius 2 is 1.93 bits per heavy atom. The molecule has 2 aromatic carbocycles. The molecule has 8 heteroatoms. The summed E-state index contributed by atoms with van der Waals surface area (Å²) in [7, 11) is 3.64. The Labute approximate surface area is 181 Å². The molecular formula is C22H26ClFN4O2. The number of methoxy groups -OCH3 is 1. The molecule has 0 spiro atoms. The lowest BCUT2D eigenvalue weighted by Crippen LogP contribution is -2.35. The van der Waals surface area contributed by atoms with Crippen molar-refractivity contribution in [1.82, 2.24) is 14.9 Å². The van der Waals surface area contributed by atoms with Crippen LogP contribution in [0.15, 0.2) is 36.7 Å². The van der Waals surface area contributed by atoms with Gasteiger partial charge in [0.25, 0.3) is 0 Å². The number of ether oxygens (including phenoxy) is 2. The SMILES string of the molecule is COc1cc2ncnc(Nc3cccc(Cl)c3F)c2cc1OC(C)CN(C)C(C)C. The fourth-order valence-electron chi connectivity index (χ4n) is 3.01. The first-order valence-electron chi connectivity index (χ1n) is 9.70. The van der Waals surface area contributed by atoms with Crippen molar-refractivity contribution in [3.05, 3.63) is 47.5 Å². The molecule has 0 saturated carbocycles. The van der Waals surface area contributed by atoms with E-state index in [1.807, 2.05) is 13.0 Å². The maximum atomic E-state index is 14.4. The van der Waals surface area contributed by atoms with E-state index in [0.29, 0.717) is 34.3 Å². The summed E-state index contributed by atoms with van der Waals surface area (Å²) in [5.41, 5.74) is 0.874. The molecule has 1 N–H and O–H groups in total. The summed E-state index contributed by atoms with van der Waals surface area (Å²) in [6, 6.07) is 8.76. The number of nitrogens with zero attached hydrogens (tertiary/aromatic N) is 3. The molecule has 0 aliphatic carbocycles. The van der Waals surface area contributed by atoms with Crippen molar-refractivity contribution in [1.29, 1.82) is 0 Å². The van der Waals surface area contributed by atoms with Crippen molar-refractivity contribution >= 4 is 34.0 Å². The van der Waals surface area contributed by atoms with Crippen LogP contribution < -0.4 is 14.8 Å². The molecule has 1 atom stereocenters. The van der Waals surface area contributed by atoms with E-state index in [1.54, 1.807) is 25.3 Å². The first-order chi connectivity index (χ1) is 14.3. The fraction of sp³-hybridized carbons (Fsp3) is 0.364. The summed E-state index contributed by atoms with van der Waals surface area (Å²) < 4.78 is 26.0. The van der Waals surface area contributed by atoms with Crippen molar-refractivity contribution in [2.45, 2.75) is 32.9 Å². The molecule has 3 aromatic rings. The molecular weight excluding hydrogens is 407 g/mol. The first-order valence-corrected chi connectivity index (χ1v) is 10.1. The quantitative estimate of drug-likeness (QED) is 0.522. The standard InChI is InChI=1S/C22H26ClFN4O2/c1-13(2)28(4)11-14(3)30-20-9-15-18(10-19(20)29-5)25-12-26-22(15)27-17-8-6-7-16(23)21(17)24/h6-10,12-14H,11H2,1-5H3,(H,25,26,27). The summed E-state index contributed by atoms with van der Waals surface area (Å²) in [5.74, 6) is 1.04. The number of halogens is 2. The predicted octanol–water partition coefficient (Wildman–Crippen LogP) is 5.28. The Morgan fingerprint density at radius 1 is 1.17 bits per heavy atom. The molecule has 160 valence electrons. The van der Waals surface area contributed by atoms with Gasteiger partial charge in [0.15, 0.2) is 17.3 Å². The van der Waals surface area contributed by atoms with E-state index in [-0.39, 0.29) is 16.8 Å². The van der Waals surface area contributed by atoms with Gasteiger partial charge in [-0.3, -0.25) is 0 Å². The van der Waals surface area contributed by atoms with Crippen LogP contribution in [0.5, 0.6) is 11.5 Å². The first kappa shape index (κ1) is 22.1. The molecule has 0 bridgehead atoms. The maximum Gasteiger partial charge on any atom is 0.165 e. The molecule has 30 heavy (non-hydrogen) atoms. The van der Waals surface area contributed by atoms with Crippen LogP contribution in [0.25, 0.3) is 10.9 Å². The Hall–Kier alpha value is -2.64. The lowest BCUT2D eigenvalue weighted by Gasteiger charge is -2.26. The van der Waals surface area contributed by atoms with Gasteiger partial charge in [-0.1, -0.05) is 17.7 Å². The molecule has 0 saturated heterocycles. The minimum Gasteiger partial charge on any atom is -0.493 e. The Kier molecular flexibility index (Phi) is 6.95. The van der Waals surface area contributed by atoms with Gasteiger partial charge in [0, 0.05) is 24.0 Å². The van der Waals surface area contributed by atoms with E-state index >= 15 is 0 Å². The summed E-state index contributed by atoms with van der Waals surface area (Å²) in [6.07, 6.45) is 1.34. The van der Waals surface area contributed by atoms with Crippen molar-refractivity contribution in [2.24, 2.45) is 0 Å². The average molecular weight is 433 g/mol. The zero-order chi connectivity index (χ0) is 21.8. The molecule has 6 nitrogen and oxygen atoms in total. The fourth-order valence-corrected chi connectivity index (χ4v) is 3.19. The van der Waals surface area contributed by atoms with Gasteiger partial charge in [-0.2, -0.15) is 0 Å². The van der Waals surface area contributed by atoms with Gasteiger partial charge in [-0.05, 0) is 46.0 Å². The topological polar surface area (TPSA) is 59.5 Å².